The molecular weight excluding hydrogens is 406 g/mol. The molecule has 2 aromatic carbocycles. The molecule has 0 saturated heterocycles. The fourth-order valence-electron chi connectivity index (χ4n) is 3.56. The SMILES string of the molecule is CC(C)(C)NC(=O)c1ccc(/C(=C/c2ccccc2)c2ccccc2)c(-c2ccccn2)n1. The van der Waals surface area contributed by atoms with Gasteiger partial charge < -0.3 is 5.32 Å². The predicted octanol–water partition coefficient (Wildman–Crippen LogP) is 6.26. The summed E-state index contributed by atoms with van der Waals surface area (Å²) in [6, 6.07) is 29.9. The van der Waals surface area contributed by atoms with Gasteiger partial charge in [-0.05, 0) is 67.8 Å². The van der Waals surface area contributed by atoms with E-state index in [9.17, 15) is 4.79 Å². The lowest BCUT2D eigenvalue weighted by atomic mass is 9.93. The maximum atomic E-state index is 12.9. The molecule has 0 aliphatic rings. The Kier molecular flexibility index (Phi) is 6.45. The molecule has 0 atom stereocenters. The number of benzene rings is 2. The summed E-state index contributed by atoms with van der Waals surface area (Å²) < 4.78 is 0. The second kappa shape index (κ2) is 9.61. The summed E-state index contributed by atoms with van der Waals surface area (Å²) in [6.07, 6.45) is 3.89. The van der Waals surface area contributed by atoms with Gasteiger partial charge in [0.05, 0.1) is 11.4 Å². The third-order valence-electron chi connectivity index (χ3n) is 5.01. The van der Waals surface area contributed by atoms with Crippen molar-refractivity contribution < 1.29 is 4.79 Å². The molecule has 0 radical (unpaired) electrons. The molecule has 0 aliphatic heterocycles. The maximum absolute atomic E-state index is 12.9. The van der Waals surface area contributed by atoms with E-state index in [1.807, 2.05) is 81.4 Å². The van der Waals surface area contributed by atoms with Crippen LogP contribution in [-0.2, 0) is 0 Å². The highest BCUT2D eigenvalue weighted by atomic mass is 16.2. The lowest BCUT2D eigenvalue weighted by Crippen LogP contribution is -2.41. The van der Waals surface area contributed by atoms with Gasteiger partial charge in [0.15, 0.2) is 0 Å². The van der Waals surface area contributed by atoms with Crippen molar-refractivity contribution in [1.82, 2.24) is 15.3 Å². The average Bonchev–Trinajstić information content (AvgIpc) is 2.83. The Morgan fingerprint density at radius 2 is 1.48 bits per heavy atom. The Balaban J connectivity index is 1.92. The zero-order valence-corrected chi connectivity index (χ0v) is 19.1. The van der Waals surface area contributed by atoms with Crippen molar-refractivity contribution in [3.05, 3.63) is 120 Å². The first-order valence-electron chi connectivity index (χ1n) is 11.0. The van der Waals surface area contributed by atoms with E-state index in [4.69, 9.17) is 4.98 Å². The Bertz CT molecular complexity index is 1260. The molecule has 0 bridgehead atoms. The monoisotopic (exact) mass is 433 g/mol. The molecule has 4 heteroatoms. The summed E-state index contributed by atoms with van der Waals surface area (Å²) in [6.45, 7) is 5.86. The Hall–Kier alpha value is -4.05. The summed E-state index contributed by atoms with van der Waals surface area (Å²) in [5, 5.41) is 3.00. The van der Waals surface area contributed by atoms with E-state index in [0.29, 0.717) is 17.1 Å². The molecule has 1 N–H and O–H groups in total. The maximum Gasteiger partial charge on any atom is 0.270 e. The van der Waals surface area contributed by atoms with E-state index >= 15 is 0 Å². The summed E-state index contributed by atoms with van der Waals surface area (Å²) in [7, 11) is 0. The molecule has 1 amide bonds. The quantitative estimate of drug-likeness (QED) is 0.378. The van der Waals surface area contributed by atoms with E-state index in [0.717, 1.165) is 22.3 Å². The van der Waals surface area contributed by atoms with Crippen molar-refractivity contribution in [2.45, 2.75) is 26.3 Å². The van der Waals surface area contributed by atoms with Crippen molar-refractivity contribution in [2.24, 2.45) is 0 Å². The van der Waals surface area contributed by atoms with Gasteiger partial charge >= 0.3 is 0 Å². The lowest BCUT2D eigenvalue weighted by Gasteiger charge is -2.21. The molecule has 0 aliphatic carbocycles. The number of carbonyl (C=O) groups excluding carboxylic acids is 1. The van der Waals surface area contributed by atoms with Gasteiger partial charge in [-0.1, -0.05) is 66.7 Å². The molecule has 0 unspecified atom stereocenters. The molecule has 2 aromatic heterocycles. The Morgan fingerprint density at radius 1 is 0.818 bits per heavy atom. The molecule has 2 heterocycles. The van der Waals surface area contributed by atoms with Crippen LogP contribution in [0.4, 0.5) is 0 Å². The first-order chi connectivity index (χ1) is 15.9. The van der Waals surface area contributed by atoms with Crippen LogP contribution in [0, 0.1) is 0 Å². The molecular formula is C29H27N3O. The Labute approximate surface area is 195 Å². The van der Waals surface area contributed by atoms with Crippen molar-refractivity contribution in [1.29, 1.82) is 0 Å². The van der Waals surface area contributed by atoms with E-state index in [1.165, 1.54) is 0 Å². The van der Waals surface area contributed by atoms with Crippen LogP contribution in [0.1, 0.15) is 48.0 Å². The first kappa shape index (κ1) is 22.2. The number of pyridine rings is 2. The van der Waals surface area contributed by atoms with Crippen LogP contribution in [0.15, 0.2) is 97.2 Å². The largest absolute Gasteiger partial charge is 0.346 e. The second-order valence-electron chi connectivity index (χ2n) is 8.85. The second-order valence-corrected chi connectivity index (χ2v) is 8.85. The topological polar surface area (TPSA) is 54.9 Å². The van der Waals surface area contributed by atoms with Gasteiger partial charge in [0, 0.05) is 17.3 Å². The Morgan fingerprint density at radius 3 is 2.12 bits per heavy atom. The zero-order chi connectivity index (χ0) is 23.3. The van der Waals surface area contributed by atoms with Gasteiger partial charge in [0.25, 0.3) is 5.91 Å². The molecule has 0 fully saturated rings. The van der Waals surface area contributed by atoms with Crippen molar-refractivity contribution in [3.8, 4) is 11.4 Å². The number of amides is 1. The van der Waals surface area contributed by atoms with Gasteiger partial charge in [-0.15, -0.1) is 0 Å². The normalized spacial score (nSPS) is 11.8. The molecule has 0 spiro atoms. The molecule has 33 heavy (non-hydrogen) atoms. The molecule has 0 saturated carbocycles. The van der Waals surface area contributed by atoms with Crippen LogP contribution in [0.3, 0.4) is 0 Å². The van der Waals surface area contributed by atoms with Crippen molar-refractivity contribution in [2.75, 3.05) is 0 Å². The van der Waals surface area contributed by atoms with E-state index in [2.05, 4.69) is 40.6 Å². The van der Waals surface area contributed by atoms with E-state index in [-0.39, 0.29) is 11.4 Å². The summed E-state index contributed by atoms with van der Waals surface area (Å²) >= 11 is 0. The van der Waals surface area contributed by atoms with Crippen LogP contribution >= 0.6 is 0 Å². The van der Waals surface area contributed by atoms with Crippen molar-refractivity contribution in [3.63, 3.8) is 0 Å². The minimum absolute atomic E-state index is 0.209. The van der Waals surface area contributed by atoms with Gasteiger partial charge in [-0.25, -0.2) is 4.98 Å². The fourth-order valence-corrected chi connectivity index (χ4v) is 3.56. The number of hydrogen-bond donors (Lipinski definition) is 1. The number of hydrogen-bond acceptors (Lipinski definition) is 3. The van der Waals surface area contributed by atoms with E-state index < -0.39 is 0 Å². The zero-order valence-electron chi connectivity index (χ0n) is 19.1. The van der Waals surface area contributed by atoms with Crippen LogP contribution in [-0.4, -0.2) is 21.4 Å². The summed E-state index contributed by atoms with van der Waals surface area (Å²) in [5.74, 6) is -0.209. The average molecular weight is 434 g/mol. The number of carbonyl (C=O) groups is 1. The van der Waals surface area contributed by atoms with Crippen molar-refractivity contribution >= 4 is 17.6 Å². The smallest absolute Gasteiger partial charge is 0.270 e. The molecule has 4 rings (SSSR count). The highest BCUT2D eigenvalue weighted by Gasteiger charge is 2.20. The highest BCUT2D eigenvalue weighted by molar-refractivity contribution is 5.98. The summed E-state index contributed by atoms with van der Waals surface area (Å²) in [5.41, 5.74) is 5.46. The van der Waals surface area contributed by atoms with Crippen LogP contribution < -0.4 is 5.32 Å². The van der Waals surface area contributed by atoms with E-state index in [1.54, 1.807) is 12.3 Å². The molecule has 4 nitrogen and oxygen atoms in total. The van der Waals surface area contributed by atoms with Crippen LogP contribution in [0.2, 0.25) is 0 Å². The predicted molar refractivity (Wildman–Crippen MR) is 135 cm³/mol. The number of aromatic nitrogens is 2. The highest BCUT2D eigenvalue weighted by Crippen LogP contribution is 2.32. The number of rotatable bonds is 5. The standard InChI is InChI=1S/C29H27N3O/c1-29(2,3)32-28(33)26-18-17-23(27(31-26)25-16-10-11-19-30-25)24(22-14-8-5-9-15-22)20-21-12-6-4-7-13-21/h4-20H,1-3H3,(H,32,33)/b24-20+. The van der Waals surface area contributed by atoms with Gasteiger partial charge in [-0.3, -0.25) is 9.78 Å². The minimum atomic E-state index is -0.356. The van der Waals surface area contributed by atoms with Crippen LogP contribution in [0.25, 0.3) is 23.0 Å². The van der Waals surface area contributed by atoms with Gasteiger partial charge in [0.2, 0.25) is 0 Å². The van der Waals surface area contributed by atoms with Crippen LogP contribution in [0.5, 0.6) is 0 Å². The third-order valence-corrected chi connectivity index (χ3v) is 5.01. The minimum Gasteiger partial charge on any atom is -0.346 e. The number of nitrogens with zero attached hydrogens (tertiary/aromatic N) is 2. The fraction of sp³-hybridized carbons (Fsp3) is 0.138. The number of nitrogens with one attached hydrogen (secondary N) is 1. The lowest BCUT2D eigenvalue weighted by molar-refractivity contribution is 0.0914. The molecule has 164 valence electrons. The first-order valence-corrected chi connectivity index (χ1v) is 11.0. The van der Waals surface area contributed by atoms with Gasteiger partial charge in [-0.2, -0.15) is 0 Å². The third kappa shape index (κ3) is 5.60. The summed E-state index contributed by atoms with van der Waals surface area (Å²) in [4.78, 5) is 22.2. The van der Waals surface area contributed by atoms with Gasteiger partial charge in [0.1, 0.15) is 5.69 Å². The molecule has 4 aromatic rings.